The van der Waals surface area contributed by atoms with Crippen molar-refractivity contribution in [3.05, 3.63) is 0 Å². The fourth-order valence-electron chi connectivity index (χ4n) is 0. The summed E-state index contributed by atoms with van der Waals surface area (Å²) in [5, 5.41) is 0. The maximum atomic E-state index is 8.88. The van der Waals surface area contributed by atoms with Crippen molar-refractivity contribution in [1.29, 1.82) is 0 Å². The van der Waals surface area contributed by atoms with Gasteiger partial charge in [-0.1, -0.05) is 0 Å². The van der Waals surface area contributed by atoms with E-state index in [1.807, 2.05) is 0 Å². The van der Waals surface area contributed by atoms with Crippen molar-refractivity contribution in [1.82, 2.24) is 0 Å². The molecule has 0 saturated carbocycles. The summed E-state index contributed by atoms with van der Waals surface area (Å²) in [6.45, 7) is 0. The molecule has 16 heteroatoms. The summed E-state index contributed by atoms with van der Waals surface area (Å²) in [6.07, 6.45) is 0. The van der Waals surface area contributed by atoms with Crippen molar-refractivity contribution < 1.29 is 127 Å². The monoisotopic (exact) mass is 364 g/mol. The Kier molecular flexibility index (Phi) is 76.5. The second-order valence-electron chi connectivity index (χ2n) is 0.960. The third-order valence-corrected chi connectivity index (χ3v) is 0. The molecule has 3 N–H and O–H groups in total. The average molecular weight is 364 g/mol. The molecule has 0 spiro atoms. The van der Waals surface area contributed by atoms with Crippen LogP contribution in [0.2, 0.25) is 0 Å². The Morgan fingerprint density at radius 1 is 0.688 bits per heavy atom. The summed E-state index contributed by atoms with van der Waals surface area (Å²) >= 11 is 0. The summed E-state index contributed by atoms with van der Waals surface area (Å²) in [6, 6.07) is 0. The van der Waals surface area contributed by atoms with E-state index in [0.717, 1.165) is 0 Å². The third-order valence-electron chi connectivity index (χ3n) is 0. The van der Waals surface area contributed by atoms with E-state index >= 15 is 0 Å². The normalized spacial score (nSPS) is 7.38. The van der Waals surface area contributed by atoms with Gasteiger partial charge in [0.15, 0.2) is 0 Å². The molecule has 0 saturated heterocycles. The van der Waals surface area contributed by atoms with Gasteiger partial charge < -0.3 is 33.9 Å². The summed E-state index contributed by atoms with van der Waals surface area (Å²) in [4.78, 5) is 47.2. The molecule has 0 heterocycles. The van der Waals surface area contributed by atoms with Gasteiger partial charge in [-0.05, 0) is 0 Å². The van der Waals surface area contributed by atoms with Crippen molar-refractivity contribution in [2.75, 3.05) is 0 Å². The molecular weight excluding hydrogens is 352 g/mol. The second kappa shape index (κ2) is 24.5. The molecule has 0 bridgehead atoms. The Morgan fingerprint density at radius 3 is 0.688 bits per heavy atom. The van der Waals surface area contributed by atoms with Crippen LogP contribution in [0.5, 0.6) is 0 Å². The van der Waals surface area contributed by atoms with Gasteiger partial charge in [0.1, 0.15) is 0 Å². The molecule has 0 aromatic rings. The van der Waals surface area contributed by atoms with Crippen LogP contribution >= 0.6 is 45.3 Å². The molecule has 0 aromatic carbocycles. The summed E-state index contributed by atoms with van der Waals surface area (Å²) in [7, 11) is -10.0. The third kappa shape index (κ3) is 279. The molecule has 3 unspecified atom stereocenters. The van der Waals surface area contributed by atoms with Crippen LogP contribution in [0.15, 0.2) is 0 Å². The van der Waals surface area contributed by atoms with Gasteiger partial charge in [-0.25, -0.2) is 4.57 Å². The molecule has 0 aliphatic heterocycles. The molecule has 0 rings (SSSR count). The second-order valence-corrected chi connectivity index (χ2v) is 2.88. The SMILES string of the molecule is O=P(O)(O)O.O=P([O-])([O-])[O-].P.P.P.[Na+].[Na+].[Na+]. The maximum Gasteiger partial charge on any atom is 1.00 e. The Balaban J connectivity index is -0.00000000970. The van der Waals surface area contributed by atoms with Gasteiger partial charge >= 0.3 is 96.5 Å². The Hall–Kier alpha value is 4.51. The van der Waals surface area contributed by atoms with E-state index in [0.29, 0.717) is 0 Å². The van der Waals surface area contributed by atoms with Gasteiger partial charge in [0, 0.05) is 0 Å². The predicted octanol–water partition coefficient (Wildman–Crippen LogP) is -12.6. The molecule has 0 aliphatic carbocycles. The van der Waals surface area contributed by atoms with Crippen molar-refractivity contribution in [2.45, 2.75) is 0 Å². The van der Waals surface area contributed by atoms with Crippen LogP contribution in [0.1, 0.15) is 0 Å². The Labute approximate surface area is 170 Å². The molecule has 0 aromatic heterocycles. The Bertz CT molecular complexity index is 136. The first-order chi connectivity index (χ1) is 4.00. The van der Waals surface area contributed by atoms with Crippen LogP contribution in [-0.2, 0) is 9.13 Å². The van der Waals surface area contributed by atoms with Gasteiger partial charge in [-0.3, -0.25) is 0 Å². The zero-order valence-corrected chi connectivity index (χ0v) is 21.4. The van der Waals surface area contributed by atoms with E-state index in [9.17, 15) is 0 Å². The molecule has 3 atom stereocenters. The van der Waals surface area contributed by atoms with Crippen molar-refractivity contribution in [2.24, 2.45) is 0 Å². The number of hydrogen-bond donors (Lipinski definition) is 3. The summed E-state index contributed by atoms with van der Waals surface area (Å²) in [5.74, 6) is 0. The molecular formula is H12Na3O8P5. The fourth-order valence-corrected chi connectivity index (χ4v) is 0. The van der Waals surface area contributed by atoms with Gasteiger partial charge in [0.25, 0.3) is 0 Å². The van der Waals surface area contributed by atoms with Crippen molar-refractivity contribution >= 4 is 45.3 Å². The molecule has 8 nitrogen and oxygen atoms in total. The number of rotatable bonds is 0. The fraction of sp³-hybridized carbons (Fsp3) is 0. The predicted molar refractivity (Wildman–Crippen MR) is 55.2 cm³/mol. The number of hydrogen-bond acceptors (Lipinski definition) is 5. The van der Waals surface area contributed by atoms with E-state index in [1.54, 1.807) is 0 Å². The molecule has 0 aliphatic rings. The zero-order chi connectivity index (χ0) is 9.00. The van der Waals surface area contributed by atoms with E-state index in [4.69, 9.17) is 38.5 Å². The van der Waals surface area contributed by atoms with E-state index in [-0.39, 0.29) is 118 Å². The summed E-state index contributed by atoms with van der Waals surface area (Å²) < 4.78 is 17.4. The van der Waals surface area contributed by atoms with Crippen molar-refractivity contribution in [3.8, 4) is 0 Å². The zero-order valence-electron chi connectivity index (χ0n) is 9.40. The van der Waals surface area contributed by atoms with Crippen LogP contribution in [0.4, 0.5) is 0 Å². The largest absolute Gasteiger partial charge is 1.00 e. The van der Waals surface area contributed by atoms with E-state index in [2.05, 4.69) is 0 Å². The Morgan fingerprint density at radius 2 is 0.688 bits per heavy atom. The minimum atomic E-state index is -5.39. The standard InChI is InChI=1S/3Na.2H3O4P.3H3P/c;;;2*1-5(2,3)4;;;/h;;;2*(H3,1,2,3,4);3*1H3/q3*+1;;;;;/p-3. The first-order valence-corrected chi connectivity index (χ1v) is 4.54. The van der Waals surface area contributed by atoms with E-state index < -0.39 is 15.6 Å². The first-order valence-electron chi connectivity index (χ1n) is 1.51. The smallest absolute Gasteiger partial charge is 0.822 e. The molecule has 0 fully saturated rings. The van der Waals surface area contributed by atoms with Crippen LogP contribution in [0.25, 0.3) is 0 Å². The van der Waals surface area contributed by atoms with Crippen LogP contribution in [-0.4, -0.2) is 14.7 Å². The van der Waals surface area contributed by atoms with Gasteiger partial charge in [-0.15, -0.1) is 0 Å². The molecule has 0 amide bonds. The molecule has 16 heavy (non-hydrogen) atoms. The minimum Gasteiger partial charge on any atom is -0.822 e. The van der Waals surface area contributed by atoms with Gasteiger partial charge in [0.05, 0.1) is 0 Å². The quantitative estimate of drug-likeness (QED) is 0.282. The van der Waals surface area contributed by atoms with Crippen LogP contribution < -0.4 is 103 Å². The van der Waals surface area contributed by atoms with Crippen LogP contribution in [0.3, 0.4) is 0 Å². The average Bonchev–Trinajstić information content (AvgIpc) is 1.12. The minimum absolute atomic E-state index is 0. The maximum absolute atomic E-state index is 8.88. The first kappa shape index (κ1) is 49.9. The molecule has 88 valence electrons. The number of phosphoric acid groups is 2. The van der Waals surface area contributed by atoms with E-state index in [1.165, 1.54) is 0 Å². The van der Waals surface area contributed by atoms with Crippen molar-refractivity contribution in [3.63, 3.8) is 0 Å². The summed E-state index contributed by atoms with van der Waals surface area (Å²) in [5.41, 5.74) is 0. The molecule has 0 radical (unpaired) electrons. The van der Waals surface area contributed by atoms with Gasteiger partial charge in [-0.2, -0.15) is 37.5 Å². The van der Waals surface area contributed by atoms with Crippen LogP contribution in [0, 0.1) is 0 Å². The topological polar surface area (TPSA) is 164 Å². The van der Waals surface area contributed by atoms with Gasteiger partial charge in [0.2, 0.25) is 0 Å².